The number of hydrogen-bond acceptors (Lipinski definition) is 1. The van der Waals surface area contributed by atoms with Crippen molar-refractivity contribution in [3.8, 4) is 0 Å². The largest absolute Gasteiger partial charge is 0.401 e. The fourth-order valence-corrected chi connectivity index (χ4v) is 7.80. The van der Waals surface area contributed by atoms with E-state index in [1.54, 1.807) is 0 Å². The Morgan fingerprint density at radius 3 is 1.78 bits per heavy atom. The molecule has 0 saturated carbocycles. The van der Waals surface area contributed by atoms with Crippen molar-refractivity contribution < 1.29 is 4.43 Å². The standard InChI is InChI=1S/C25H36OSi/c1-9-27(10-2)22-17-20(25(6,7)8)15-16-21(22)23(26-27)18-11-13-19(14-12-18)24(3,4)5/h11-17,23H,9-10H2,1-8H3. The van der Waals surface area contributed by atoms with Gasteiger partial charge in [0.25, 0.3) is 0 Å². The number of fused-ring (bicyclic) bond motifs is 1. The minimum absolute atomic E-state index is 0.0922. The van der Waals surface area contributed by atoms with E-state index < -0.39 is 8.32 Å². The van der Waals surface area contributed by atoms with E-state index >= 15 is 0 Å². The summed E-state index contributed by atoms with van der Waals surface area (Å²) in [5.74, 6) is 0. The summed E-state index contributed by atoms with van der Waals surface area (Å²) in [5, 5.41) is 1.53. The van der Waals surface area contributed by atoms with Gasteiger partial charge in [0.2, 0.25) is 8.32 Å². The van der Waals surface area contributed by atoms with Crippen molar-refractivity contribution in [1.82, 2.24) is 0 Å². The Hall–Kier alpha value is -1.38. The van der Waals surface area contributed by atoms with Crippen LogP contribution in [0.5, 0.6) is 0 Å². The molecule has 3 rings (SSSR count). The molecule has 2 aromatic rings. The van der Waals surface area contributed by atoms with E-state index in [2.05, 4.69) is 97.9 Å². The molecule has 0 fully saturated rings. The summed E-state index contributed by atoms with van der Waals surface area (Å²) in [5.41, 5.74) is 5.85. The van der Waals surface area contributed by atoms with Gasteiger partial charge in [-0.25, -0.2) is 0 Å². The normalized spacial score (nSPS) is 19.2. The maximum absolute atomic E-state index is 6.94. The molecule has 0 bridgehead atoms. The highest BCUT2D eigenvalue weighted by Crippen LogP contribution is 2.40. The van der Waals surface area contributed by atoms with Crippen LogP contribution in [-0.2, 0) is 15.3 Å². The van der Waals surface area contributed by atoms with Crippen LogP contribution < -0.4 is 5.19 Å². The molecule has 1 aliphatic rings. The van der Waals surface area contributed by atoms with Crippen LogP contribution in [0.4, 0.5) is 0 Å². The summed E-state index contributed by atoms with van der Waals surface area (Å²) in [6.07, 6.45) is 0.0922. The van der Waals surface area contributed by atoms with E-state index in [9.17, 15) is 0 Å². The van der Waals surface area contributed by atoms with Gasteiger partial charge in [-0.05, 0) is 50.4 Å². The Morgan fingerprint density at radius 1 is 0.778 bits per heavy atom. The zero-order valence-electron chi connectivity index (χ0n) is 18.4. The molecular formula is C25H36OSi. The van der Waals surface area contributed by atoms with Gasteiger partial charge in [-0.1, -0.05) is 97.9 Å². The average Bonchev–Trinajstić information content (AvgIpc) is 2.95. The highest BCUT2D eigenvalue weighted by Gasteiger charge is 2.46. The topological polar surface area (TPSA) is 9.23 Å². The molecule has 2 aromatic carbocycles. The van der Waals surface area contributed by atoms with Crippen molar-refractivity contribution in [2.24, 2.45) is 0 Å². The summed E-state index contributed by atoms with van der Waals surface area (Å²) in [6, 6.07) is 18.5. The lowest BCUT2D eigenvalue weighted by molar-refractivity contribution is 0.253. The van der Waals surface area contributed by atoms with Gasteiger partial charge in [0.1, 0.15) is 0 Å². The Labute approximate surface area is 167 Å². The first-order valence-electron chi connectivity index (χ1n) is 10.4. The van der Waals surface area contributed by atoms with Crippen LogP contribution in [0.25, 0.3) is 0 Å². The summed E-state index contributed by atoms with van der Waals surface area (Å²) >= 11 is 0. The molecule has 0 N–H and O–H groups in total. The third kappa shape index (κ3) is 3.66. The Kier molecular flexibility index (Phi) is 5.20. The zero-order chi connectivity index (χ0) is 20.0. The molecule has 1 unspecified atom stereocenters. The molecule has 1 heterocycles. The van der Waals surface area contributed by atoms with Gasteiger partial charge in [0.05, 0.1) is 6.10 Å². The van der Waals surface area contributed by atoms with Crippen molar-refractivity contribution in [3.05, 3.63) is 64.7 Å². The molecular weight excluding hydrogens is 344 g/mol. The van der Waals surface area contributed by atoms with Gasteiger partial charge >= 0.3 is 0 Å². The molecule has 0 radical (unpaired) electrons. The highest BCUT2D eigenvalue weighted by atomic mass is 28.4. The van der Waals surface area contributed by atoms with Gasteiger partial charge < -0.3 is 4.43 Å². The molecule has 0 aromatic heterocycles. The van der Waals surface area contributed by atoms with Crippen molar-refractivity contribution in [1.29, 1.82) is 0 Å². The van der Waals surface area contributed by atoms with Crippen LogP contribution in [0.2, 0.25) is 12.1 Å². The minimum atomic E-state index is -1.91. The van der Waals surface area contributed by atoms with Crippen LogP contribution in [0.1, 0.15) is 83.7 Å². The zero-order valence-corrected chi connectivity index (χ0v) is 19.4. The van der Waals surface area contributed by atoms with Crippen molar-refractivity contribution in [3.63, 3.8) is 0 Å². The lowest BCUT2D eigenvalue weighted by atomic mass is 9.85. The molecule has 1 atom stereocenters. The lowest BCUT2D eigenvalue weighted by Crippen LogP contribution is -2.46. The van der Waals surface area contributed by atoms with E-state index in [-0.39, 0.29) is 16.9 Å². The van der Waals surface area contributed by atoms with E-state index in [0.29, 0.717) is 0 Å². The molecule has 0 amide bonds. The fourth-order valence-electron chi connectivity index (χ4n) is 4.20. The molecule has 1 aliphatic heterocycles. The van der Waals surface area contributed by atoms with Crippen LogP contribution >= 0.6 is 0 Å². The third-order valence-corrected chi connectivity index (χ3v) is 10.6. The van der Waals surface area contributed by atoms with Gasteiger partial charge in [0.15, 0.2) is 0 Å². The van der Waals surface area contributed by atoms with Gasteiger partial charge in [0, 0.05) is 0 Å². The first-order valence-corrected chi connectivity index (χ1v) is 12.8. The number of rotatable bonds is 3. The predicted octanol–water partition coefficient (Wildman–Crippen LogP) is 6.59. The SMILES string of the molecule is CC[Si]1(CC)OC(c2ccc(C(C)(C)C)cc2)c2ccc(C(C)(C)C)cc21. The van der Waals surface area contributed by atoms with Crippen LogP contribution in [0, 0.1) is 0 Å². The number of benzene rings is 2. The van der Waals surface area contributed by atoms with E-state index in [0.717, 1.165) is 12.1 Å². The summed E-state index contributed by atoms with van der Waals surface area (Å²) in [4.78, 5) is 0. The second-order valence-corrected chi connectivity index (χ2v) is 14.3. The van der Waals surface area contributed by atoms with Crippen molar-refractivity contribution in [2.45, 2.75) is 84.4 Å². The maximum atomic E-state index is 6.94. The Bertz CT molecular complexity index is 802. The Morgan fingerprint density at radius 2 is 1.30 bits per heavy atom. The van der Waals surface area contributed by atoms with Crippen molar-refractivity contribution >= 4 is 13.5 Å². The van der Waals surface area contributed by atoms with Crippen LogP contribution in [0.3, 0.4) is 0 Å². The van der Waals surface area contributed by atoms with E-state index in [1.807, 2.05) is 0 Å². The monoisotopic (exact) mass is 380 g/mol. The first-order chi connectivity index (χ1) is 12.5. The second kappa shape index (κ2) is 6.90. The smallest absolute Gasteiger partial charge is 0.225 e. The number of hydrogen-bond donors (Lipinski definition) is 0. The lowest BCUT2D eigenvalue weighted by Gasteiger charge is -2.27. The molecule has 0 spiro atoms. The summed E-state index contributed by atoms with van der Waals surface area (Å²) < 4.78 is 6.94. The summed E-state index contributed by atoms with van der Waals surface area (Å²) in [7, 11) is -1.91. The molecule has 146 valence electrons. The third-order valence-electron chi connectivity index (χ3n) is 6.26. The predicted molar refractivity (Wildman–Crippen MR) is 120 cm³/mol. The Balaban J connectivity index is 2.08. The minimum Gasteiger partial charge on any atom is -0.401 e. The maximum Gasteiger partial charge on any atom is 0.225 e. The second-order valence-electron chi connectivity index (χ2n) is 10.1. The molecule has 27 heavy (non-hydrogen) atoms. The van der Waals surface area contributed by atoms with E-state index in [4.69, 9.17) is 4.43 Å². The summed E-state index contributed by atoms with van der Waals surface area (Å²) in [6.45, 7) is 18.3. The van der Waals surface area contributed by atoms with Crippen LogP contribution in [0.15, 0.2) is 42.5 Å². The van der Waals surface area contributed by atoms with Crippen molar-refractivity contribution in [2.75, 3.05) is 0 Å². The first kappa shape index (κ1) is 20.4. The molecule has 2 heteroatoms. The quantitative estimate of drug-likeness (QED) is 0.545. The average molecular weight is 381 g/mol. The molecule has 1 nitrogen and oxygen atoms in total. The molecule has 0 saturated heterocycles. The van der Waals surface area contributed by atoms with E-state index in [1.165, 1.54) is 27.4 Å². The van der Waals surface area contributed by atoms with Gasteiger partial charge in [-0.2, -0.15) is 0 Å². The van der Waals surface area contributed by atoms with Gasteiger partial charge in [-0.3, -0.25) is 0 Å². The molecule has 0 aliphatic carbocycles. The fraction of sp³-hybridized carbons (Fsp3) is 0.520. The van der Waals surface area contributed by atoms with Gasteiger partial charge in [-0.15, -0.1) is 0 Å². The highest BCUT2D eigenvalue weighted by molar-refractivity contribution is 6.87. The van der Waals surface area contributed by atoms with Crippen LogP contribution in [-0.4, -0.2) is 8.32 Å².